The Morgan fingerprint density at radius 2 is 1.71 bits per heavy atom. The normalized spacial score (nSPS) is 11.5. The molecule has 0 fully saturated rings. The van der Waals surface area contributed by atoms with Gasteiger partial charge >= 0.3 is 0 Å². The van der Waals surface area contributed by atoms with Gasteiger partial charge in [0, 0.05) is 10.6 Å². The number of benzene rings is 2. The van der Waals surface area contributed by atoms with Crippen molar-refractivity contribution >= 4 is 45.7 Å². The Balaban J connectivity index is 1.69. The van der Waals surface area contributed by atoms with E-state index in [9.17, 15) is 9.59 Å². The van der Waals surface area contributed by atoms with Crippen LogP contribution in [0.25, 0.3) is 0 Å². The van der Waals surface area contributed by atoms with Gasteiger partial charge in [-0.05, 0) is 44.2 Å². The van der Waals surface area contributed by atoms with Crippen LogP contribution in [0.4, 0.5) is 10.8 Å². The van der Waals surface area contributed by atoms with Crippen LogP contribution in [0.15, 0.2) is 47.4 Å². The topological polar surface area (TPSA) is 102 Å². The van der Waals surface area contributed by atoms with E-state index in [1.165, 1.54) is 37.3 Å². The molecule has 3 rings (SSSR count). The molecule has 2 aromatic carbocycles. The number of aromatic nitrogens is 2. The summed E-state index contributed by atoms with van der Waals surface area (Å²) in [6.45, 7) is 3.63. The molecule has 1 unspecified atom stereocenters. The molecule has 0 bridgehead atoms. The van der Waals surface area contributed by atoms with E-state index in [0.29, 0.717) is 27.9 Å². The van der Waals surface area contributed by atoms with Gasteiger partial charge in [0.15, 0.2) is 0 Å². The molecule has 162 valence electrons. The van der Waals surface area contributed by atoms with Crippen LogP contribution < -0.4 is 20.1 Å². The minimum absolute atomic E-state index is 0.172. The fourth-order valence-corrected chi connectivity index (χ4v) is 4.25. The molecule has 8 nitrogen and oxygen atoms in total. The van der Waals surface area contributed by atoms with Gasteiger partial charge in [-0.3, -0.25) is 14.9 Å². The third-order valence-electron chi connectivity index (χ3n) is 4.19. The molecule has 3 aromatic rings. The molecule has 1 heterocycles. The monoisotopic (exact) mass is 458 g/mol. The molecule has 1 aromatic heterocycles. The third kappa shape index (κ3) is 5.74. The fraction of sp³-hybridized carbons (Fsp3) is 0.238. The summed E-state index contributed by atoms with van der Waals surface area (Å²) in [5, 5.41) is 14.3. The summed E-state index contributed by atoms with van der Waals surface area (Å²) in [6.07, 6.45) is 0. The van der Waals surface area contributed by atoms with E-state index in [2.05, 4.69) is 20.8 Å². The van der Waals surface area contributed by atoms with Crippen LogP contribution >= 0.6 is 23.1 Å². The number of aryl methyl sites for hydroxylation is 1. The van der Waals surface area contributed by atoms with Gasteiger partial charge in [0.05, 0.1) is 19.5 Å². The van der Waals surface area contributed by atoms with Gasteiger partial charge in [-0.2, -0.15) is 0 Å². The zero-order chi connectivity index (χ0) is 22.4. The molecule has 2 amide bonds. The standard InChI is InChI=1S/C21H22N4O4S2/c1-12(19(26)23-21-25-24-13(2)31-21)30-15-8-5-7-14(11-15)22-20(27)18-16(28-3)9-6-10-17(18)29-4/h5-12H,1-4H3,(H,22,27)(H,23,25,26). The summed E-state index contributed by atoms with van der Waals surface area (Å²) in [4.78, 5) is 26.1. The Bertz CT molecular complexity index is 1060. The molecule has 0 radical (unpaired) electrons. The van der Waals surface area contributed by atoms with E-state index >= 15 is 0 Å². The molecule has 0 saturated carbocycles. The van der Waals surface area contributed by atoms with Crippen molar-refractivity contribution in [2.45, 2.75) is 24.0 Å². The highest BCUT2D eigenvalue weighted by atomic mass is 32.2. The van der Waals surface area contributed by atoms with Crippen LogP contribution in [-0.2, 0) is 4.79 Å². The SMILES string of the molecule is COc1cccc(OC)c1C(=O)Nc1cccc(SC(C)C(=O)Nc2nnc(C)s2)c1. The van der Waals surface area contributed by atoms with E-state index < -0.39 is 0 Å². The molecule has 10 heteroatoms. The minimum atomic E-state index is -0.371. The van der Waals surface area contributed by atoms with Crippen molar-refractivity contribution < 1.29 is 19.1 Å². The Hall–Kier alpha value is -3.11. The second-order valence-corrected chi connectivity index (χ2v) is 8.99. The number of rotatable bonds is 8. The zero-order valence-corrected chi connectivity index (χ0v) is 19.1. The molecule has 0 spiro atoms. The van der Waals surface area contributed by atoms with Crippen molar-refractivity contribution in [1.29, 1.82) is 0 Å². The Labute approximate surface area is 188 Å². The number of hydrogen-bond acceptors (Lipinski definition) is 8. The molecule has 1 atom stereocenters. The Kier molecular flexibility index (Phi) is 7.48. The van der Waals surface area contributed by atoms with Gasteiger partial charge in [-0.1, -0.05) is 23.5 Å². The van der Waals surface area contributed by atoms with Crippen LogP contribution in [0.1, 0.15) is 22.3 Å². The highest BCUT2D eigenvalue weighted by Crippen LogP contribution is 2.30. The van der Waals surface area contributed by atoms with Crippen molar-refractivity contribution in [2.75, 3.05) is 24.9 Å². The summed E-state index contributed by atoms with van der Waals surface area (Å²) in [5.41, 5.74) is 0.904. The Morgan fingerprint density at radius 3 is 2.32 bits per heavy atom. The summed E-state index contributed by atoms with van der Waals surface area (Å²) in [6, 6.07) is 12.4. The van der Waals surface area contributed by atoms with Crippen LogP contribution in [0.5, 0.6) is 11.5 Å². The number of thioether (sulfide) groups is 1. The lowest BCUT2D eigenvalue weighted by Gasteiger charge is -2.14. The molecular weight excluding hydrogens is 436 g/mol. The first-order valence-electron chi connectivity index (χ1n) is 9.31. The molecule has 0 aliphatic carbocycles. The number of methoxy groups -OCH3 is 2. The van der Waals surface area contributed by atoms with Crippen molar-refractivity contribution in [2.24, 2.45) is 0 Å². The number of ether oxygens (including phenoxy) is 2. The number of nitrogens with zero attached hydrogens (tertiary/aromatic N) is 2. The molecule has 0 aliphatic heterocycles. The summed E-state index contributed by atoms with van der Waals surface area (Å²) >= 11 is 2.70. The fourth-order valence-electron chi connectivity index (χ4n) is 2.73. The van der Waals surface area contributed by atoms with Crippen molar-refractivity contribution in [3.8, 4) is 11.5 Å². The largest absolute Gasteiger partial charge is 0.496 e. The molecule has 31 heavy (non-hydrogen) atoms. The quantitative estimate of drug-likeness (QED) is 0.487. The highest BCUT2D eigenvalue weighted by molar-refractivity contribution is 8.00. The maximum atomic E-state index is 12.9. The van der Waals surface area contributed by atoms with E-state index in [1.807, 2.05) is 25.1 Å². The lowest BCUT2D eigenvalue weighted by atomic mass is 10.1. The van der Waals surface area contributed by atoms with Gasteiger partial charge in [0.2, 0.25) is 11.0 Å². The smallest absolute Gasteiger partial charge is 0.263 e. The predicted molar refractivity (Wildman–Crippen MR) is 123 cm³/mol. The highest BCUT2D eigenvalue weighted by Gasteiger charge is 2.19. The lowest BCUT2D eigenvalue weighted by molar-refractivity contribution is -0.115. The summed E-state index contributed by atoms with van der Waals surface area (Å²) in [7, 11) is 3.00. The molecule has 0 aliphatic rings. The zero-order valence-electron chi connectivity index (χ0n) is 17.5. The van der Waals surface area contributed by atoms with E-state index in [-0.39, 0.29) is 17.1 Å². The number of amides is 2. The number of hydrogen-bond donors (Lipinski definition) is 2. The Morgan fingerprint density at radius 1 is 1.03 bits per heavy atom. The number of carbonyl (C=O) groups excluding carboxylic acids is 2. The maximum absolute atomic E-state index is 12.9. The van der Waals surface area contributed by atoms with Crippen LogP contribution in [0.3, 0.4) is 0 Å². The molecular formula is C21H22N4O4S2. The second kappa shape index (κ2) is 10.3. The van der Waals surface area contributed by atoms with Crippen molar-refractivity contribution in [3.05, 3.63) is 53.0 Å². The average molecular weight is 459 g/mol. The molecule has 0 saturated heterocycles. The lowest BCUT2D eigenvalue weighted by Crippen LogP contribution is -2.22. The van der Waals surface area contributed by atoms with Crippen molar-refractivity contribution in [3.63, 3.8) is 0 Å². The van der Waals surface area contributed by atoms with E-state index in [0.717, 1.165) is 9.90 Å². The average Bonchev–Trinajstić information content (AvgIpc) is 3.17. The number of nitrogens with one attached hydrogen (secondary N) is 2. The van der Waals surface area contributed by atoms with Gasteiger partial charge in [0.1, 0.15) is 22.1 Å². The van der Waals surface area contributed by atoms with Crippen LogP contribution in [0, 0.1) is 6.92 Å². The first-order chi connectivity index (χ1) is 14.9. The predicted octanol–water partition coefficient (Wildman–Crippen LogP) is 4.24. The first-order valence-corrected chi connectivity index (χ1v) is 11.0. The summed E-state index contributed by atoms with van der Waals surface area (Å²) in [5.74, 6) is 0.308. The number of anilines is 2. The molecule has 2 N–H and O–H groups in total. The van der Waals surface area contributed by atoms with Crippen LogP contribution in [-0.4, -0.2) is 41.5 Å². The second-order valence-electron chi connectivity index (χ2n) is 6.40. The van der Waals surface area contributed by atoms with Gasteiger partial charge in [-0.15, -0.1) is 22.0 Å². The maximum Gasteiger partial charge on any atom is 0.263 e. The van der Waals surface area contributed by atoms with Crippen LogP contribution in [0.2, 0.25) is 0 Å². The minimum Gasteiger partial charge on any atom is -0.496 e. The summed E-state index contributed by atoms with van der Waals surface area (Å²) < 4.78 is 10.6. The number of carbonyl (C=O) groups is 2. The van der Waals surface area contributed by atoms with E-state index in [4.69, 9.17) is 9.47 Å². The first kappa shape index (κ1) is 22.6. The van der Waals surface area contributed by atoms with Crippen molar-refractivity contribution in [1.82, 2.24) is 10.2 Å². The van der Waals surface area contributed by atoms with E-state index in [1.54, 1.807) is 31.2 Å². The van der Waals surface area contributed by atoms with Gasteiger partial charge in [0.25, 0.3) is 5.91 Å². The van der Waals surface area contributed by atoms with Gasteiger partial charge < -0.3 is 14.8 Å². The van der Waals surface area contributed by atoms with Gasteiger partial charge in [-0.25, -0.2) is 0 Å². The third-order valence-corrected chi connectivity index (χ3v) is 6.03.